The average molecular weight is 513 g/mol. The molecule has 34 heavy (non-hydrogen) atoms. The van der Waals surface area contributed by atoms with Crippen LogP contribution >= 0.6 is 23.2 Å². The zero-order valence-electron chi connectivity index (χ0n) is 18.6. The molecule has 1 amide bonds. The number of halogens is 5. The van der Waals surface area contributed by atoms with E-state index in [-0.39, 0.29) is 21.3 Å². The third-order valence-electron chi connectivity index (χ3n) is 4.89. The summed E-state index contributed by atoms with van der Waals surface area (Å²) in [5.74, 6) is -0.543. The highest BCUT2D eigenvalue weighted by Gasteiger charge is 2.30. The standard InChI is InChI=1S/C25H25Cl2F3N2O2/c1-2-3-4-5-6-7-11-34-23-21(26)13-17(14-22(23)27)12-18(16-31)24(33)32-20-10-8-9-19(15-20)25(28,29)30/h8-10,12-15H,2-7,11H2,1H3,(H,32,33)/b18-12+. The maximum Gasteiger partial charge on any atom is 0.416 e. The molecule has 2 aromatic carbocycles. The quantitative estimate of drug-likeness (QED) is 0.187. The Morgan fingerprint density at radius 3 is 2.35 bits per heavy atom. The molecule has 4 nitrogen and oxygen atoms in total. The van der Waals surface area contributed by atoms with Crippen molar-refractivity contribution in [1.82, 2.24) is 0 Å². The van der Waals surface area contributed by atoms with E-state index in [2.05, 4.69) is 12.2 Å². The minimum atomic E-state index is -4.55. The topological polar surface area (TPSA) is 62.1 Å². The van der Waals surface area contributed by atoms with Gasteiger partial charge in [-0.3, -0.25) is 4.79 Å². The number of nitriles is 1. The number of nitrogens with zero attached hydrogens (tertiary/aromatic N) is 1. The van der Waals surface area contributed by atoms with Gasteiger partial charge in [0.15, 0.2) is 5.75 Å². The van der Waals surface area contributed by atoms with Gasteiger partial charge in [0, 0.05) is 5.69 Å². The van der Waals surface area contributed by atoms with Crippen LogP contribution in [0.4, 0.5) is 18.9 Å². The Morgan fingerprint density at radius 1 is 1.09 bits per heavy atom. The number of nitrogens with one attached hydrogen (secondary N) is 1. The number of rotatable bonds is 11. The molecular weight excluding hydrogens is 488 g/mol. The fourth-order valence-corrected chi connectivity index (χ4v) is 3.76. The van der Waals surface area contributed by atoms with Crippen LogP contribution in [0.3, 0.4) is 0 Å². The summed E-state index contributed by atoms with van der Waals surface area (Å²) in [5.41, 5.74) is -0.957. The SMILES string of the molecule is CCCCCCCCOc1c(Cl)cc(/C=C(\C#N)C(=O)Nc2cccc(C(F)(F)F)c2)cc1Cl. The van der Waals surface area contributed by atoms with E-state index >= 15 is 0 Å². The van der Waals surface area contributed by atoms with Gasteiger partial charge in [-0.25, -0.2) is 0 Å². The first-order chi connectivity index (χ1) is 16.2. The van der Waals surface area contributed by atoms with Crippen molar-refractivity contribution in [3.8, 4) is 11.8 Å². The van der Waals surface area contributed by atoms with Gasteiger partial charge in [-0.05, 0) is 48.4 Å². The van der Waals surface area contributed by atoms with Crippen LogP contribution < -0.4 is 10.1 Å². The lowest BCUT2D eigenvalue weighted by atomic mass is 10.1. The monoisotopic (exact) mass is 512 g/mol. The predicted octanol–water partition coefficient (Wildman–Crippen LogP) is 8.30. The van der Waals surface area contributed by atoms with Crippen molar-refractivity contribution in [3.05, 3.63) is 63.1 Å². The molecule has 1 N–H and O–H groups in total. The van der Waals surface area contributed by atoms with Crippen LogP contribution in [0, 0.1) is 11.3 Å². The Labute approximate surface area is 207 Å². The van der Waals surface area contributed by atoms with Crippen molar-refractivity contribution >= 4 is 40.9 Å². The highest BCUT2D eigenvalue weighted by Crippen LogP contribution is 2.35. The number of hydrogen-bond acceptors (Lipinski definition) is 3. The van der Waals surface area contributed by atoms with E-state index in [1.807, 2.05) is 0 Å². The van der Waals surface area contributed by atoms with E-state index in [1.165, 1.54) is 43.5 Å². The van der Waals surface area contributed by atoms with Crippen LogP contribution in [0.15, 0.2) is 42.0 Å². The van der Waals surface area contributed by atoms with Gasteiger partial charge >= 0.3 is 6.18 Å². The van der Waals surface area contributed by atoms with Crippen molar-refractivity contribution in [2.75, 3.05) is 11.9 Å². The summed E-state index contributed by atoms with van der Waals surface area (Å²) < 4.78 is 44.3. The second kappa shape index (κ2) is 13.3. The fraction of sp³-hybridized carbons (Fsp3) is 0.360. The van der Waals surface area contributed by atoms with Gasteiger partial charge < -0.3 is 10.1 Å². The van der Waals surface area contributed by atoms with Gasteiger partial charge in [-0.2, -0.15) is 18.4 Å². The highest BCUT2D eigenvalue weighted by molar-refractivity contribution is 6.37. The molecule has 0 unspecified atom stereocenters. The second-order valence-electron chi connectivity index (χ2n) is 7.63. The molecule has 0 heterocycles. The van der Waals surface area contributed by atoms with Crippen molar-refractivity contribution < 1.29 is 22.7 Å². The lowest BCUT2D eigenvalue weighted by Gasteiger charge is -2.11. The maximum atomic E-state index is 12.9. The molecule has 9 heteroatoms. The molecule has 0 saturated heterocycles. The molecule has 2 rings (SSSR count). The van der Waals surface area contributed by atoms with Crippen molar-refractivity contribution in [3.63, 3.8) is 0 Å². The van der Waals surface area contributed by atoms with Crippen molar-refractivity contribution in [2.24, 2.45) is 0 Å². The molecule has 0 radical (unpaired) electrons. The number of carbonyl (C=O) groups excluding carboxylic acids is 1. The zero-order chi connectivity index (χ0) is 25.1. The van der Waals surface area contributed by atoms with E-state index < -0.39 is 17.6 Å². The van der Waals surface area contributed by atoms with Crippen LogP contribution in [-0.4, -0.2) is 12.5 Å². The van der Waals surface area contributed by atoms with Gasteiger partial charge in [-0.15, -0.1) is 0 Å². The van der Waals surface area contributed by atoms with E-state index in [0.717, 1.165) is 37.5 Å². The van der Waals surface area contributed by atoms with Crippen molar-refractivity contribution in [1.29, 1.82) is 5.26 Å². The number of amides is 1. The Bertz CT molecular complexity index is 1040. The van der Waals surface area contributed by atoms with Gasteiger partial charge in [0.05, 0.1) is 22.2 Å². The van der Waals surface area contributed by atoms with Gasteiger partial charge in [0.2, 0.25) is 0 Å². The number of ether oxygens (including phenoxy) is 1. The normalized spacial score (nSPS) is 11.7. The van der Waals surface area contributed by atoms with Crippen LogP contribution in [-0.2, 0) is 11.0 Å². The number of hydrogen-bond donors (Lipinski definition) is 1. The van der Waals surface area contributed by atoms with E-state index in [9.17, 15) is 23.2 Å². The van der Waals surface area contributed by atoms with E-state index in [4.69, 9.17) is 27.9 Å². The molecule has 0 fully saturated rings. The molecule has 182 valence electrons. The summed E-state index contributed by atoms with van der Waals surface area (Å²) >= 11 is 12.6. The van der Waals surface area contributed by atoms with Gasteiger partial charge in [0.25, 0.3) is 5.91 Å². The zero-order valence-corrected chi connectivity index (χ0v) is 20.2. The summed E-state index contributed by atoms with van der Waals surface area (Å²) in [6.45, 7) is 2.62. The van der Waals surface area contributed by atoms with Crippen LogP contribution in [0.5, 0.6) is 5.75 Å². The Hall–Kier alpha value is -2.69. The van der Waals surface area contributed by atoms with Crippen LogP contribution in [0.2, 0.25) is 10.0 Å². The first-order valence-electron chi connectivity index (χ1n) is 10.9. The lowest BCUT2D eigenvalue weighted by molar-refractivity contribution is -0.137. The highest BCUT2D eigenvalue weighted by atomic mass is 35.5. The summed E-state index contributed by atoms with van der Waals surface area (Å²) in [4.78, 5) is 12.4. The van der Waals surface area contributed by atoms with Crippen LogP contribution in [0.25, 0.3) is 6.08 Å². The number of alkyl halides is 3. The number of anilines is 1. The summed E-state index contributed by atoms with van der Waals surface area (Å²) in [5, 5.41) is 12.1. The molecule has 0 aliphatic heterocycles. The lowest BCUT2D eigenvalue weighted by Crippen LogP contribution is -2.14. The largest absolute Gasteiger partial charge is 0.490 e. The molecule has 0 aliphatic carbocycles. The summed E-state index contributed by atoms with van der Waals surface area (Å²) in [6.07, 6.45) is 3.34. The summed E-state index contributed by atoms with van der Waals surface area (Å²) in [6, 6.07) is 8.87. The Kier molecular flexibility index (Phi) is 10.7. The minimum absolute atomic E-state index is 0.0875. The first-order valence-corrected chi connectivity index (χ1v) is 11.6. The predicted molar refractivity (Wildman–Crippen MR) is 129 cm³/mol. The molecular formula is C25H25Cl2F3N2O2. The molecule has 0 saturated carbocycles. The first kappa shape index (κ1) is 27.6. The minimum Gasteiger partial charge on any atom is -0.490 e. The third-order valence-corrected chi connectivity index (χ3v) is 5.45. The molecule has 0 atom stereocenters. The summed E-state index contributed by atoms with van der Waals surface area (Å²) in [7, 11) is 0. The van der Waals surface area contributed by atoms with E-state index in [0.29, 0.717) is 17.9 Å². The van der Waals surface area contributed by atoms with Crippen LogP contribution in [0.1, 0.15) is 56.6 Å². The maximum absolute atomic E-state index is 12.9. The molecule has 0 aliphatic rings. The number of unbranched alkanes of at least 4 members (excludes halogenated alkanes) is 5. The van der Waals surface area contributed by atoms with Gasteiger partial charge in [-0.1, -0.05) is 68.3 Å². The molecule has 2 aromatic rings. The molecule has 0 bridgehead atoms. The second-order valence-corrected chi connectivity index (χ2v) is 8.45. The van der Waals surface area contributed by atoms with E-state index in [1.54, 1.807) is 6.07 Å². The van der Waals surface area contributed by atoms with Crippen molar-refractivity contribution in [2.45, 2.75) is 51.6 Å². The average Bonchev–Trinajstić information content (AvgIpc) is 2.78. The Morgan fingerprint density at radius 2 is 1.74 bits per heavy atom. The fourth-order valence-electron chi connectivity index (χ4n) is 3.14. The molecule has 0 spiro atoms. The number of carbonyl (C=O) groups is 1. The molecule has 0 aromatic heterocycles. The smallest absolute Gasteiger partial charge is 0.416 e. The van der Waals surface area contributed by atoms with Gasteiger partial charge in [0.1, 0.15) is 11.6 Å². The Balaban J connectivity index is 2.06. The third kappa shape index (κ3) is 8.58. The number of benzene rings is 2.